The highest BCUT2D eigenvalue weighted by Gasteiger charge is 2.36. The Morgan fingerprint density at radius 2 is 1.03 bits per heavy atom. The predicted octanol–water partition coefficient (Wildman–Crippen LogP) is 8.86. The quantitative estimate of drug-likeness (QED) is 0.199. The van der Waals surface area contributed by atoms with Gasteiger partial charge in [-0.1, -0.05) is 122 Å². The lowest BCUT2D eigenvalue weighted by Crippen LogP contribution is -2.30. The SMILES string of the molecule is O=P(OCc1ccccc1)(OCc1ccccc1)Oc1ccc(C2(c3ccccc3)CCCCC2)cc1. The van der Waals surface area contributed by atoms with Crippen molar-refractivity contribution < 1.29 is 18.1 Å². The second-order valence-electron chi connectivity index (χ2n) is 9.59. The van der Waals surface area contributed by atoms with E-state index in [1.807, 2.05) is 72.8 Å². The van der Waals surface area contributed by atoms with E-state index < -0.39 is 7.82 Å². The van der Waals surface area contributed by atoms with E-state index in [4.69, 9.17) is 13.6 Å². The molecule has 4 aromatic carbocycles. The van der Waals surface area contributed by atoms with Crippen molar-refractivity contribution in [1.82, 2.24) is 0 Å². The number of phosphoric acid groups is 1. The summed E-state index contributed by atoms with van der Waals surface area (Å²) >= 11 is 0. The number of hydrogen-bond donors (Lipinski definition) is 0. The fourth-order valence-corrected chi connectivity index (χ4v) is 6.34. The van der Waals surface area contributed by atoms with Gasteiger partial charge < -0.3 is 4.52 Å². The molecule has 1 fully saturated rings. The molecule has 0 aromatic heterocycles. The molecule has 0 radical (unpaired) electrons. The molecule has 1 aliphatic carbocycles. The van der Waals surface area contributed by atoms with Crippen molar-refractivity contribution in [2.75, 3.05) is 0 Å². The van der Waals surface area contributed by atoms with Crippen molar-refractivity contribution in [2.45, 2.75) is 50.7 Å². The maximum Gasteiger partial charge on any atom is 0.530 e. The van der Waals surface area contributed by atoms with Crippen LogP contribution in [0.1, 0.15) is 54.4 Å². The first kappa shape index (κ1) is 25.5. The number of hydrogen-bond acceptors (Lipinski definition) is 4. The molecule has 0 saturated heterocycles. The van der Waals surface area contributed by atoms with Gasteiger partial charge in [0, 0.05) is 5.41 Å². The fraction of sp³-hybridized carbons (Fsp3) is 0.250. The molecule has 4 aromatic rings. The van der Waals surface area contributed by atoms with Gasteiger partial charge in [0.15, 0.2) is 0 Å². The number of phosphoric ester groups is 1. The Morgan fingerprint density at radius 1 is 0.568 bits per heavy atom. The maximum atomic E-state index is 13.7. The van der Waals surface area contributed by atoms with Crippen LogP contribution in [0.25, 0.3) is 0 Å². The molecule has 0 heterocycles. The normalized spacial score (nSPS) is 15.2. The summed E-state index contributed by atoms with van der Waals surface area (Å²) in [6.45, 7) is 0.254. The van der Waals surface area contributed by atoms with Gasteiger partial charge in [0.2, 0.25) is 0 Å². The number of benzene rings is 4. The van der Waals surface area contributed by atoms with Crippen molar-refractivity contribution in [3.05, 3.63) is 138 Å². The van der Waals surface area contributed by atoms with Gasteiger partial charge in [0.1, 0.15) is 5.75 Å². The van der Waals surface area contributed by atoms with Crippen molar-refractivity contribution >= 4 is 7.82 Å². The summed E-state index contributed by atoms with van der Waals surface area (Å²) in [6.07, 6.45) is 5.94. The van der Waals surface area contributed by atoms with Crippen LogP contribution >= 0.6 is 7.82 Å². The van der Waals surface area contributed by atoms with Crippen LogP contribution in [-0.4, -0.2) is 0 Å². The molecule has 0 N–H and O–H groups in total. The van der Waals surface area contributed by atoms with Crippen LogP contribution in [0.15, 0.2) is 115 Å². The topological polar surface area (TPSA) is 44.8 Å². The molecule has 5 heteroatoms. The average Bonchev–Trinajstić information content (AvgIpc) is 2.97. The van der Waals surface area contributed by atoms with Crippen LogP contribution in [-0.2, 0) is 32.2 Å². The van der Waals surface area contributed by atoms with Gasteiger partial charge in [-0.2, -0.15) is 0 Å². The molecule has 0 unspecified atom stereocenters. The van der Waals surface area contributed by atoms with E-state index in [-0.39, 0.29) is 18.6 Å². The van der Waals surface area contributed by atoms with E-state index in [0.29, 0.717) is 5.75 Å². The zero-order valence-corrected chi connectivity index (χ0v) is 21.9. The summed E-state index contributed by atoms with van der Waals surface area (Å²) in [6, 6.07) is 38.0. The minimum absolute atomic E-state index is 0.00461. The van der Waals surface area contributed by atoms with E-state index in [1.54, 1.807) is 0 Å². The zero-order valence-electron chi connectivity index (χ0n) is 21.0. The minimum atomic E-state index is -3.89. The molecule has 1 aliphatic rings. The van der Waals surface area contributed by atoms with Gasteiger partial charge in [-0.15, -0.1) is 0 Å². The van der Waals surface area contributed by atoms with Crippen LogP contribution in [0.2, 0.25) is 0 Å². The molecule has 0 bridgehead atoms. The summed E-state index contributed by atoms with van der Waals surface area (Å²) in [5, 5.41) is 0. The third-order valence-electron chi connectivity index (χ3n) is 7.12. The summed E-state index contributed by atoms with van der Waals surface area (Å²) in [4.78, 5) is 0. The highest BCUT2D eigenvalue weighted by atomic mass is 31.2. The van der Waals surface area contributed by atoms with Gasteiger partial charge >= 0.3 is 7.82 Å². The van der Waals surface area contributed by atoms with Crippen molar-refractivity contribution in [2.24, 2.45) is 0 Å². The van der Waals surface area contributed by atoms with Gasteiger partial charge in [0.05, 0.1) is 13.2 Å². The van der Waals surface area contributed by atoms with E-state index in [2.05, 4.69) is 42.5 Å². The summed E-state index contributed by atoms with van der Waals surface area (Å²) in [5.74, 6) is 0.465. The first-order valence-electron chi connectivity index (χ1n) is 13.0. The third-order valence-corrected chi connectivity index (χ3v) is 8.45. The molecule has 190 valence electrons. The highest BCUT2D eigenvalue weighted by Crippen LogP contribution is 2.51. The molecule has 5 rings (SSSR count). The van der Waals surface area contributed by atoms with Crippen LogP contribution < -0.4 is 4.52 Å². The Hall–Kier alpha value is -3.17. The van der Waals surface area contributed by atoms with E-state index in [9.17, 15) is 4.57 Å². The van der Waals surface area contributed by atoms with Crippen LogP contribution in [0.4, 0.5) is 0 Å². The number of rotatable bonds is 10. The van der Waals surface area contributed by atoms with Crippen molar-refractivity contribution in [1.29, 1.82) is 0 Å². The molecule has 1 saturated carbocycles. The summed E-state index contributed by atoms with van der Waals surface area (Å²) in [7, 11) is -3.89. The lowest BCUT2D eigenvalue weighted by Gasteiger charge is -2.38. The van der Waals surface area contributed by atoms with E-state index in [0.717, 1.165) is 24.0 Å². The largest absolute Gasteiger partial charge is 0.530 e. The highest BCUT2D eigenvalue weighted by molar-refractivity contribution is 7.48. The van der Waals surface area contributed by atoms with Crippen LogP contribution in [0, 0.1) is 0 Å². The van der Waals surface area contributed by atoms with Crippen molar-refractivity contribution in [3.63, 3.8) is 0 Å². The lowest BCUT2D eigenvalue weighted by atomic mass is 9.65. The lowest BCUT2D eigenvalue weighted by molar-refractivity contribution is 0.143. The average molecular weight is 513 g/mol. The standard InChI is InChI=1S/C32H33O4P/c33-37(34-25-27-13-5-1-6-14-27,35-26-28-15-7-2-8-16-28)36-31-21-19-30(20-22-31)32(23-11-4-12-24-32)29-17-9-3-10-18-29/h1-3,5-10,13-22H,4,11-12,23-26H2. The predicted molar refractivity (Wildman–Crippen MR) is 147 cm³/mol. The molecular formula is C32H33O4P. The molecule has 0 aliphatic heterocycles. The Bertz CT molecular complexity index is 1240. The van der Waals surface area contributed by atoms with Gasteiger partial charge in [-0.05, 0) is 47.2 Å². The Balaban J connectivity index is 1.36. The zero-order chi connectivity index (χ0) is 25.4. The summed E-state index contributed by atoms with van der Waals surface area (Å²) < 4.78 is 31.2. The second kappa shape index (κ2) is 11.9. The molecular weight excluding hydrogens is 479 g/mol. The van der Waals surface area contributed by atoms with Crippen LogP contribution in [0.3, 0.4) is 0 Å². The molecule has 4 nitrogen and oxygen atoms in total. The van der Waals surface area contributed by atoms with E-state index >= 15 is 0 Å². The van der Waals surface area contributed by atoms with Crippen molar-refractivity contribution in [3.8, 4) is 5.75 Å². The van der Waals surface area contributed by atoms with Gasteiger partial charge in [0.25, 0.3) is 0 Å². The van der Waals surface area contributed by atoms with Crippen LogP contribution in [0.5, 0.6) is 5.75 Å². The molecule has 0 spiro atoms. The first-order chi connectivity index (χ1) is 18.2. The van der Waals surface area contributed by atoms with E-state index in [1.165, 1.54) is 30.4 Å². The molecule has 0 atom stereocenters. The fourth-order valence-electron chi connectivity index (χ4n) is 5.17. The molecule has 37 heavy (non-hydrogen) atoms. The summed E-state index contributed by atoms with van der Waals surface area (Å²) in [5.41, 5.74) is 4.40. The Morgan fingerprint density at radius 3 is 1.54 bits per heavy atom. The van der Waals surface area contributed by atoms with Gasteiger partial charge in [-0.25, -0.2) is 4.57 Å². The Kier molecular flexibility index (Phi) is 8.21. The third kappa shape index (κ3) is 6.40. The second-order valence-corrected chi connectivity index (χ2v) is 11.2. The first-order valence-corrected chi connectivity index (χ1v) is 14.4. The smallest absolute Gasteiger partial charge is 0.404 e. The monoisotopic (exact) mass is 512 g/mol. The van der Waals surface area contributed by atoms with Gasteiger partial charge in [-0.3, -0.25) is 9.05 Å². The minimum Gasteiger partial charge on any atom is -0.404 e. The molecule has 0 amide bonds. The maximum absolute atomic E-state index is 13.7. The Labute approximate surface area is 219 Å².